The molecule has 2 heterocycles. The predicted octanol–water partition coefficient (Wildman–Crippen LogP) is 1.97. The van der Waals surface area contributed by atoms with Crippen LogP contribution in [0.5, 0.6) is 0 Å². The van der Waals surface area contributed by atoms with Gasteiger partial charge in [0.25, 0.3) is 0 Å². The summed E-state index contributed by atoms with van der Waals surface area (Å²) in [4.78, 5) is 14.5. The van der Waals surface area contributed by atoms with Crippen molar-refractivity contribution < 1.29 is 9.90 Å². The van der Waals surface area contributed by atoms with Crippen molar-refractivity contribution in [3.05, 3.63) is 29.3 Å². The van der Waals surface area contributed by atoms with Gasteiger partial charge in [0.2, 0.25) is 0 Å². The second-order valence-corrected chi connectivity index (χ2v) is 4.65. The highest BCUT2D eigenvalue weighted by atomic mass is 79.9. The normalized spacial score (nSPS) is 10.5. The van der Waals surface area contributed by atoms with E-state index in [1.807, 2.05) is 10.6 Å². The number of hydrogen-bond donors (Lipinski definition) is 1. The van der Waals surface area contributed by atoms with Crippen molar-refractivity contribution >= 4 is 21.9 Å². The number of aryl methyl sites for hydroxylation is 1. The number of carboxylic acid groups (broad SMARTS) is 1. The number of carbonyl (C=O) groups is 1. The Hall–Kier alpha value is -1.76. The summed E-state index contributed by atoms with van der Waals surface area (Å²) in [6, 6.07) is 1.89. The van der Waals surface area contributed by atoms with Crippen molar-refractivity contribution in [1.82, 2.24) is 19.7 Å². The molecule has 2 rings (SSSR count). The maximum absolute atomic E-state index is 10.5. The van der Waals surface area contributed by atoms with E-state index in [0.29, 0.717) is 18.8 Å². The molecule has 0 unspecified atom stereocenters. The number of halogens is 1. The van der Waals surface area contributed by atoms with Gasteiger partial charge >= 0.3 is 5.97 Å². The second kappa shape index (κ2) is 5.72. The summed E-state index contributed by atoms with van der Waals surface area (Å²) < 4.78 is 2.69. The fourth-order valence-electron chi connectivity index (χ4n) is 1.58. The van der Waals surface area contributed by atoms with Gasteiger partial charge in [-0.3, -0.25) is 9.78 Å². The molecule has 1 N–H and O–H groups in total. The van der Waals surface area contributed by atoms with Crippen LogP contribution in [0.3, 0.4) is 0 Å². The Morgan fingerprint density at radius 2 is 2.28 bits per heavy atom. The van der Waals surface area contributed by atoms with Crippen molar-refractivity contribution in [3.8, 4) is 11.4 Å². The van der Waals surface area contributed by atoms with E-state index < -0.39 is 5.97 Å². The van der Waals surface area contributed by atoms with Gasteiger partial charge in [-0.1, -0.05) is 0 Å². The molecule has 0 radical (unpaired) electrons. The van der Waals surface area contributed by atoms with Crippen molar-refractivity contribution in [2.45, 2.75) is 19.4 Å². The Bertz CT molecular complexity index is 555. The monoisotopic (exact) mass is 310 g/mol. The summed E-state index contributed by atoms with van der Waals surface area (Å²) in [6.07, 6.45) is 5.66. The van der Waals surface area contributed by atoms with E-state index in [1.165, 1.54) is 0 Å². The fourth-order valence-corrected chi connectivity index (χ4v) is 1.94. The summed E-state index contributed by atoms with van der Waals surface area (Å²) in [5.74, 6) is -0.108. The number of aliphatic carboxylic acids is 1. The van der Waals surface area contributed by atoms with E-state index >= 15 is 0 Å². The van der Waals surface area contributed by atoms with E-state index in [1.54, 1.807) is 18.7 Å². The zero-order valence-corrected chi connectivity index (χ0v) is 11.0. The topological polar surface area (TPSA) is 80.9 Å². The van der Waals surface area contributed by atoms with E-state index in [2.05, 4.69) is 31.1 Å². The quantitative estimate of drug-likeness (QED) is 0.913. The van der Waals surface area contributed by atoms with Crippen LogP contribution in [0.15, 0.2) is 29.3 Å². The van der Waals surface area contributed by atoms with Gasteiger partial charge < -0.3 is 9.67 Å². The lowest BCUT2D eigenvalue weighted by Crippen LogP contribution is -2.03. The molecule has 94 valence electrons. The number of carboxylic acids is 1. The van der Waals surface area contributed by atoms with E-state index in [4.69, 9.17) is 5.11 Å². The van der Waals surface area contributed by atoms with Crippen molar-refractivity contribution in [1.29, 1.82) is 0 Å². The lowest BCUT2D eigenvalue weighted by atomic mass is 10.2. The minimum absolute atomic E-state index is 0.133. The Morgan fingerprint density at radius 3 is 3.00 bits per heavy atom. The Labute approximate surface area is 112 Å². The molecular weight excluding hydrogens is 300 g/mol. The van der Waals surface area contributed by atoms with Crippen molar-refractivity contribution in [2.24, 2.45) is 0 Å². The highest BCUT2D eigenvalue weighted by molar-refractivity contribution is 9.10. The number of pyridine rings is 1. The van der Waals surface area contributed by atoms with Gasteiger partial charge in [-0.15, -0.1) is 10.2 Å². The number of nitrogens with zero attached hydrogens (tertiary/aromatic N) is 4. The lowest BCUT2D eigenvalue weighted by Gasteiger charge is -2.05. The molecule has 0 fully saturated rings. The molecule has 0 aliphatic rings. The van der Waals surface area contributed by atoms with Gasteiger partial charge in [-0.25, -0.2) is 0 Å². The molecule has 0 aliphatic carbocycles. The summed E-state index contributed by atoms with van der Waals surface area (Å²) in [6.45, 7) is 0.571. The van der Waals surface area contributed by atoms with Crippen molar-refractivity contribution in [2.75, 3.05) is 0 Å². The first-order chi connectivity index (χ1) is 8.66. The standard InChI is InChI=1S/C11H11BrN4O2/c12-9-4-8(5-13-6-9)11-15-14-7-16(11)3-1-2-10(17)18/h4-7H,1-3H2,(H,17,18). The number of rotatable bonds is 5. The first-order valence-electron chi connectivity index (χ1n) is 5.37. The third kappa shape index (κ3) is 3.13. The SMILES string of the molecule is O=C(O)CCCn1cnnc1-c1cncc(Br)c1. The molecule has 6 nitrogen and oxygen atoms in total. The summed E-state index contributed by atoms with van der Waals surface area (Å²) in [5, 5.41) is 16.5. The Balaban J connectivity index is 2.15. The molecule has 0 aromatic carbocycles. The molecule has 0 bridgehead atoms. The summed E-state index contributed by atoms with van der Waals surface area (Å²) >= 11 is 3.35. The third-order valence-electron chi connectivity index (χ3n) is 2.37. The first-order valence-corrected chi connectivity index (χ1v) is 6.16. The Morgan fingerprint density at radius 1 is 1.44 bits per heavy atom. The van der Waals surface area contributed by atoms with Crippen LogP contribution < -0.4 is 0 Å². The van der Waals surface area contributed by atoms with E-state index in [9.17, 15) is 4.79 Å². The molecule has 2 aromatic heterocycles. The minimum Gasteiger partial charge on any atom is -0.481 e. The predicted molar refractivity (Wildman–Crippen MR) is 67.8 cm³/mol. The van der Waals surface area contributed by atoms with Gasteiger partial charge in [-0.05, 0) is 28.4 Å². The van der Waals surface area contributed by atoms with Crippen LogP contribution in [0.2, 0.25) is 0 Å². The summed E-state index contributed by atoms with van der Waals surface area (Å²) in [5.41, 5.74) is 0.845. The molecule has 0 saturated heterocycles. The maximum Gasteiger partial charge on any atom is 0.303 e. The molecule has 18 heavy (non-hydrogen) atoms. The molecule has 0 saturated carbocycles. The highest BCUT2D eigenvalue weighted by Crippen LogP contribution is 2.19. The van der Waals surface area contributed by atoms with Crippen LogP contribution in [0.1, 0.15) is 12.8 Å². The van der Waals surface area contributed by atoms with Gasteiger partial charge in [0.1, 0.15) is 6.33 Å². The van der Waals surface area contributed by atoms with Gasteiger partial charge in [0.15, 0.2) is 5.82 Å². The van der Waals surface area contributed by atoms with Crippen LogP contribution in [-0.2, 0) is 11.3 Å². The first kappa shape index (κ1) is 12.7. The average molecular weight is 311 g/mol. The van der Waals surface area contributed by atoms with Crippen LogP contribution in [-0.4, -0.2) is 30.8 Å². The number of aromatic nitrogens is 4. The fraction of sp³-hybridized carbons (Fsp3) is 0.273. The third-order valence-corrected chi connectivity index (χ3v) is 2.80. The van der Waals surface area contributed by atoms with E-state index in [0.717, 1.165) is 10.0 Å². The van der Waals surface area contributed by atoms with Crippen LogP contribution in [0.25, 0.3) is 11.4 Å². The molecule has 0 spiro atoms. The van der Waals surface area contributed by atoms with Gasteiger partial charge in [-0.2, -0.15) is 0 Å². The largest absolute Gasteiger partial charge is 0.481 e. The van der Waals surface area contributed by atoms with Crippen LogP contribution in [0, 0.1) is 0 Å². The maximum atomic E-state index is 10.5. The second-order valence-electron chi connectivity index (χ2n) is 3.74. The highest BCUT2D eigenvalue weighted by Gasteiger charge is 2.08. The van der Waals surface area contributed by atoms with Gasteiger partial charge in [0, 0.05) is 35.4 Å². The zero-order valence-electron chi connectivity index (χ0n) is 9.45. The zero-order chi connectivity index (χ0) is 13.0. The molecule has 0 amide bonds. The average Bonchev–Trinajstić information content (AvgIpc) is 2.77. The summed E-state index contributed by atoms with van der Waals surface area (Å²) in [7, 11) is 0. The molecular formula is C11H11BrN4O2. The van der Waals surface area contributed by atoms with Crippen LogP contribution >= 0.6 is 15.9 Å². The van der Waals surface area contributed by atoms with E-state index in [-0.39, 0.29) is 6.42 Å². The molecule has 0 atom stereocenters. The van der Waals surface area contributed by atoms with Crippen molar-refractivity contribution in [3.63, 3.8) is 0 Å². The number of hydrogen-bond acceptors (Lipinski definition) is 4. The smallest absolute Gasteiger partial charge is 0.303 e. The molecule has 0 aliphatic heterocycles. The Kier molecular flexibility index (Phi) is 4.03. The lowest BCUT2D eigenvalue weighted by molar-refractivity contribution is -0.137. The molecule has 2 aromatic rings. The molecule has 7 heteroatoms. The van der Waals surface area contributed by atoms with Crippen LogP contribution in [0.4, 0.5) is 0 Å². The minimum atomic E-state index is -0.797. The van der Waals surface area contributed by atoms with Gasteiger partial charge in [0.05, 0.1) is 0 Å².